The Bertz CT molecular complexity index is 1050. The van der Waals surface area contributed by atoms with Gasteiger partial charge >= 0.3 is 0 Å². The molecule has 0 aliphatic carbocycles. The first kappa shape index (κ1) is 25.0. The van der Waals surface area contributed by atoms with Crippen molar-refractivity contribution in [3.63, 3.8) is 0 Å². The van der Waals surface area contributed by atoms with Crippen molar-refractivity contribution < 1.29 is 27.3 Å². The fourth-order valence-electron chi connectivity index (χ4n) is 4.37. The van der Waals surface area contributed by atoms with Crippen LogP contribution >= 0.6 is 0 Å². The minimum absolute atomic E-state index is 0.165. The summed E-state index contributed by atoms with van der Waals surface area (Å²) in [5.74, 6) is -4.44. The number of alkyl halides is 2. The van der Waals surface area contributed by atoms with Gasteiger partial charge in [0.1, 0.15) is 29.5 Å². The summed E-state index contributed by atoms with van der Waals surface area (Å²) in [6.45, 7) is 1.45. The number of carbonyl (C=O) groups excluding carboxylic acids is 1. The van der Waals surface area contributed by atoms with Crippen LogP contribution < -0.4 is 4.72 Å². The van der Waals surface area contributed by atoms with E-state index in [1.165, 1.54) is 24.5 Å². The highest BCUT2D eigenvalue weighted by Crippen LogP contribution is 2.37. The second-order valence-electron chi connectivity index (χ2n) is 8.95. The fraction of sp³-hybridized carbons (Fsp3) is 0.458. The van der Waals surface area contributed by atoms with Gasteiger partial charge in [-0.15, -0.1) is 9.03 Å². The summed E-state index contributed by atoms with van der Waals surface area (Å²) in [6, 6.07) is 9.47. The summed E-state index contributed by atoms with van der Waals surface area (Å²) in [7, 11) is 2.97. The third-order valence-electron chi connectivity index (χ3n) is 6.28. The molecule has 2 heterocycles. The molecule has 2 aliphatic heterocycles. The van der Waals surface area contributed by atoms with E-state index in [4.69, 9.17) is 4.74 Å². The highest BCUT2D eigenvalue weighted by atomic mass is 32.2. The van der Waals surface area contributed by atoms with Crippen LogP contribution in [0.2, 0.25) is 0 Å². The van der Waals surface area contributed by atoms with Crippen LogP contribution in [0.4, 0.5) is 13.2 Å². The van der Waals surface area contributed by atoms with Gasteiger partial charge in [0.25, 0.3) is 11.8 Å². The number of hydrogen-bond donors (Lipinski definition) is 1. The summed E-state index contributed by atoms with van der Waals surface area (Å²) in [6.07, 6.45) is -0.492. The Kier molecular flexibility index (Phi) is 7.25. The third kappa shape index (κ3) is 4.96. The first-order valence-corrected chi connectivity index (χ1v) is 12.2. The maximum Gasteiger partial charge on any atom is 0.286 e. The molecule has 4 rings (SSSR count). The lowest BCUT2D eigenvalue weighted by Gasteiger charge is -2.34. The Morgan fingerprint density at radius 1 is 1.29 bits per heavy atom. The van der Waals surface area contributed by atoms with Crippen molar-refractivity contribution in [3.8, 4) is 11.1 Å². The third-order valence-corrected chi connectivity index (χ3v) is 7.39. The van der Waals surface area contributed by atoms with Gasteiger partial charge in [0.05, 0.1) is 19.2 Å². The lowest BCUT2D eigenvalue weighted by atomic mass is 9.94. The normalized spacial score (nSPS) is 24.8. The smallest absolute Gasteiger partial charge is 0.286 e. The van der Waals surface area contributed by atoms with Crippen molar-refractivity contribution >= 4 is 17.5 Å². The molecule has 10 heteroatoms. The molecule has 2 saturated heterocycles. The van der Waals surface area contributed by atoms with E-state index >= 15 is 13.2 Å². The topological polar surface area (TPSA) is 67.9 Å². The van der Waals surface area contributed by atoms with Gasteiger partial charge in [-0.3, -0.25) is 4.79 Å². The number of benzene rings is 2. The van der Waals surface area contributed by atoms with Crippen molar-refractivity contribution in [1.29, 1.82) is 0 Å². The molecule has 4 atom stereocenters. The Morgan fingerprint density at radius 3 is 2.62 bits per heavy atom. The predicted molar refractivity (Wildman–Crippen MR) is 124 cm³/mol. The molecule has 1 N–H and O–H groups in total. The summed E-state index contributed by atoms with van der Waals surface area (Å²) >= 11 is -1.92. The minimum Gasteiger partial charge on any atom is -0.579 e. The monoisotopic (exact) mass is 495 g/mol. The molecule has 2 unspecified atom stereocenters. The molecular formula is C24H28F3N3O3S. The maximum atomic E-state index is 15.6. The van der Waals surface area contributed by atoms with Crippen LogP contribution in [0.3, 0.4) is 0 Å². The Labute approximate surface area is 200 Å². The maximum absolute atomic E-state index is 15.6. The van der Waals surface area contributed by atoms with Crippen molar-refractivity contribution in [1.82, 2.24) is 13.9 Å². The number of rotatable bonds is 7. The van der Waals surface area contributed by atoms with Crippen LogP contribution in [0.1, 0.15) is 17.5 Å². The number of halogens is 3. The molecule has 0 spiro atoms. The van der Waals surface area contributed by atoms with Gasteiger partial charge < -0.3 is 14.2 Å². The minimum atomic E-state index is -3.36. The zero-order valence-electron chi connectivity index (χ0n) is 19.3. The predicted octanol–water partition coefficient (Wildman–Crippen LogP) is 3.08. The SMILES string of the molecule is Cc1cccc(-c2cccc(C[C@H]3[C@@H](N[S+]([O-])N(C)C)C(F)(F)CN3C(=O)C3CCO3)c2F)c1. The average molecular weight is 496 g/mol. The summed E-state index contributed by atoms with van der Waals surface area (Å²) in [4.78, 5) is 14.0. The zero-order valence-corrected chi connectivity index (χ0v) is 20.1. The highest BCUT2D eigenvalue weighted by molar-refractivity contribution is 7.87. The van der Waals surface area contributed by atoms with Gasteiger partial charge in [-0.2, -0.15) is 0 Å². The molecule has 2 fully saturated rings. The van der Waals surface area contributed by atoms with Crippen molar-refractivity contribution in [2.45, 2.75) is 43.9 Å². The van der Waals surface area contributed by atoms with Crippen molar-refractivity contribution in [3.05, 3.63) is 59.4 Å². The Morgan fingerprint density at radius 2 is 2.00 bits per heavy atom. The van der Waals surface area contributed by atoms with Gasteiger partial charge in [0.15, 0.2) is 0 Å². The molecule has 1 amide bonds. The van der Waals surface area contributed by atoms with Crippen LogP contribution in [0, 0.1) is 12.7 Å². The molecule has 2 aromatic rings. The summed E-state index contributed by atoms with van der Waals surface area (Å²) in [5.41, 5.74) is 2.20. The van der Waals surface area contributed by atoms with E-state index < -0.39 is 53.9 Å². The molecule has 2 aliphatic rings. The quantitative estimate of drug-likeness (QED) is 0.598. The number of nitrogens with one attached hydrogen (secondary N) is 1. The molecular weight excluding hydrogens is 467 g/mol. The van der Waals surface area contributed by atoms with Gasteiger partial charge in [0, 0.05) is 26.1 Å². The van der Waals surface area contributed by atoms with E-state index in [0.717, 1.165) is 10.5 Å². The first-order valence-electron chi connectivity index (χ1n) is 11.1. The molecule has 6 nitrogen and oxygen atoms in total. The second-order valence-corrected chi connectivity index (χ2v) is 10.4. The van der Waals surface area contributed by atoms with E-state index in [-0.39, 0.29) is 12.0 Å². The van der Waals surface area contributed by atoms with Crippen molar-refractivity contribution in [2.24, 2.45) is 0 Å². The van der Waals surface area contributed by atoms with E-state index in [2.05, 4.69) is 4.72 Å². The first-order chi connectivity index (χ1) is 16.1. The number of hydrogen-bond acceptors (Lipinski definition) is 5. The van der Waals surface area contributed by atoms with Gasteiger partial charge in [-0.25, -0.2) is 13.2 Å². The van der Waals surface area contributed by atoms with E-state index in [1.54, 1.807) is 18.2 Å². The summed E-state index contributed by atoms with van der Waals surface area (Å²) < 4.78 is 67.2. The van der Waals surface area contributed by atoms with Crippen LogP contribution in [0.15, 0.2) is 42.5 Å². The fourth-order valence-corrected chi connectivity index (χ4v) is 5.12. The molecule has 0 saturated carbocycles. The number of likely N-dealkylation sites (tertiary alicyclic amines) is 1. The lowest BCUT2D eigenvalue weighted by molar-refractivity contribution is -0.158. The number of carbonyl (C=O) groups is 1. The van der Waals surface area contributed by atoms with Gasteiger partial charge in [-0.05, 0) is 24.5 Å². The molecule has 184 valence electrons. The van der Waals surface area contributed by atoms with Crippen LogP contribution in [-0.4, -0.2) is 71.0 Å². The standard InChI is InChI=1S/C24H28F3N3O3S/c1-15-6-4-7-16(12-15)18-9-5-8-17(21(18)25)13-19-22(28-34(32)29(2)3)24(26,27)14-30(19)23(31)20-10-11-33-20/h4-9,12,19-20,22,28H,10-11,13-14H2,1-3H3/t19-,20?,22+,34?/m0/s1. The van der Waals surface area contributed by atoms with Crippen LogP contribution in [-0.2, 0) is 27.5 Å². The molecule has 0 radical (unpaired) electrons. The molecule has 0 bridgehead atoms. The van der Waals surface area contributed by atoms with E-state index in [9.17, 15) is 9.35 Å². The molecule has 2 aromatic carbocycles. The Hall–Kier alpha value is -2.11. The second kappa shape index (κ2) is 9.87. The number of amides is 1. The van der Waals surface area contributed by atoms with E-state index in [1.807, 2.05) is 25.1 Å². The van der Waals surface area contributed by atoms with Crippen LogP contribution in [0.25, 0.3) is 11.1 Å². The highest BCUT2D eigenvalue weighted by Gasteiger charge is 2.59. The lowest BCUT2D eigenvalue weighted by Crippen LogP contribution is -2.55. The summed E-state index contributed by atoms with van der Waals surface area (Å²) in [5, 5.41) is 0. The zero-order chi connectivity index (χ0) is 24.6. The van der Waals surface area contributed by atoms with Crippen LogP contribution in [0.5, 0.6) is 0 Å². The van der Waals surface area contributed by atoms with Crippen molar-refractivity contribution in [2.75, 3.05) is 27.2 Å². The van der Waals surface area contributed by atoms with Gasteiger partial charge in [0.2, 0.25) is 0 Å². The largest absolute Gasteiger partial charge is 0.579 e. The molecule has 0 aromatic heterocycles. The number of nitrogens with zero attached hydrogens (tertiary/aromatic N) is 2. The van der Waals surface area contributed by atoms with E-state index in [0.29, 0.717) is 24.2 Å². The average Bonchev–Trinajstić information content (AvgIpc) is 2.98. The number of ether oxygens (including phenoxy) is 1. The van der Waals surface area contributed by atoms with Gasteiger partial charge in [-0.1, -0.05) is 48.0 Å². The molecule has 34 heavy (non-hydrogen) atoms. The Balaban J connectivity index is 1.69. The number of aryl methyl sites for hydroxylation is 1.